The number of rotatable bonds is 25. The van der Waals surface area contributed by atoms with Crippen molar-refractivity contribution in [1.82, 2.24) is 5.16 Å². The molecule has 0 saturated heterocycles. The molecular weight excluding hydrogens is 570 g/mol. The van der Waals surface area contributed by atoms with Crippen LogP contribution in [0.3, 0.4) is 0 Å². The first-order chi connectivity index (χ1) is 22.8. The fourth-order valence-corrected chi connectivity index (χ4v) is 6.15. The van der Waals surface area contributed by atoms with Crippen LogP contribution in [0.2, 0.25) is 0 Å². The highest BCUT2D eigenvalue weighted by Gasteiger charge is 2.38. The molecule has 248 valence electrons. The van der Waals surface area contributed by atoms with Crippen molar-refractivity contribution in [1.29, 1.82) is 0 Å². The molecule has 1 aromatic heterocycles. The molecule has 0 amide bonds. The lowest BCUT2D eigenvalue weighted by atomic mass is 9.80. The Morgan fingerprint density at radius 1 is 0.565 bits per heavy atom. The molecule has 0 spiro atoms. The van der Waals surface area contributed by atoms with Crippen LogP contribution < -0.4 is 4.74 Å². The van der Waals surface area contributed by atoms with Crippen molar-refractivity contribution in [2.45, 2.75) is 109 Å². The Morgan fingerprint density at radius 2 is 1.02 bits per heavy atom. The van der Waals surface area contributed by atoms with E-state index in [1.165, 1.54) is 89.7 Å². The molecule has 0 unspecified atom stereocenters. The van der Waals surface area contributed by atoms with E-state index in [9.17, 15) is 0 Å². The lowest BCUT2D eigenvalue weighted by Crippen LogP contribution is -2.38. The van der Waals surface area contributed by atoms with Gasteiger partial charge < -0.3 is 18.7 Å². The van der Waals surface area contributed by atoms with Crippen molar-refractivity contribution in [3.05, 3.63) is 120 Å². The maximum Gasteiger partial charge on any atom is 0.254 e. The topological polar surface area (TPSA) is 53.7 Å². The minimum atomic E-state index is -0.830. The summed E-state index contributed by atoms with van der Waals surface area (Å²) in [6.07, 6.45) is 19.9. The first-order valence-corrected chi connectivity index (χ1v) is 17.8. The average Bonchev–Trinajstić information content (AvgIpc) is 3.63. The molecule has 46 heavy (non-hydrogen) atoms. The summed E-state index contributed by atoms with van der Waals surface area (Å²) < 4.78 is 24.5. The van der Waals surface area contributed by atoms with E-state index in [0.717, 1.165) is 23.1 Å². The second kappa shape index (κ2) is 21.4. The standard InChI is InChI=1S/C41H55NO4/c1-2-3-4-5-6-7-8-9-10-11-12-13-14-24-32-43-34-39(46-40-31-33-45-42-40)35-44-41(36-25-18-15-19-26-36,37-27-20-16-21-28-37)38-29-22-17-23-30-38/h15-23,25-31,33,39H,2-14,24,32,34-35H2,1H3/t39-/m1/s1. The predicted octanol–water partition coefficient (Wildman–Crippen LogP) is 10.9. The number of ether oxygens (including phenoxy) is 3. The Morgan fingerprint density at radius 3 is 1.46 bits per heavy atom. The summed E-state index contributed by atoms with van der Waals surface area (Å²) in [4.78, 5) is 0. The molecule has 0 aliphatic rings. The van der Waals surface area contributed by atoms with Gasteiger partial charge in [0.2, 0.25) is 0 Å². The number of hydrogen-bond donors (Lipinski definition) is 0. The van der Waals surface area contributed by atoms with Gasteiger partial charge in [0, 0.05) is 12.7 Å². The van der Waals surface area contributed by atoms with Gasteiger partial charge in [-0.2, -0.15) is 0 Å². The largest absolute Gasteiger partial charge is 0.467 e. The molecule has 1 atom stereocenters. The van der Waals surface area contributed by atoms with Gasteiger partial charge >= 0.3 is 0 Å². The highest BCUT2D eigenvalue weighted by Crippen LogP contribution is 2.40. The van der Waals surface area contributed by atoms with Gasteiger partial charge in [0.05, 0.1) is 13.2 Å². The van der Waals surface area contributed by atoms with Crippen LogP contribution >= 0.6 is 0 Å². The number of aromatic nitrogens is 1. The zero-order valence-electron chi connectivity index (χ0n) is 28.0. The Kier molecular flexibility index (Phi) is 16.5. The van der Waals surface area contributed by atoms with Gasteiger partial charge in [-0.25, -0.2) is 0 Å². The quantitative estimate of drug-likeness (QED) is 0.0542. The van der Waals surface area contributed by atoms with Crippen molar-refractivity contribution in [2.75, 3.05) is 19.8 Å². The van der Waals surface area contributed by atoms with E-state index in [1.807, 2.05) is 18.2 Å². The normalized spacial score (nSPS) is 12.3. The fraction of sp³-hybridized carbons (Fsp3) is 0.488. The third-order valence-corrected chi connectivity index (χ3v) is 8.67. The fourth-order valence-electron chi connectivity index (χ4n) is 6.15. The molecule has 1 heterocycles. The third kappa shape index (κ3) is 11.7. The van der Waals surface area contributed by atoms with Crippen LogP contribution in [0.15, 0.2) is 108 Å². The maximum atomic E-state index is 7.01. The molecule has 0 saturated carbocycles. The molecular formula is C41H55NO4. The molecule has 0 aliphatic carbocycles. The number of nitrogens with zero attached hydrogens (tertiary/aromatic N) is 1. The van der Waals surface area contributed by atoms with Gasteiger partial charge in [-0.1, -0.05) is 181 Å². The van der Waals surface area contributed by atoms with E-state index in [1.54, 1.807) is 6.07 Å². The molecule has 5 nitrogen and oxygen atoms in total. The van der Waals surface area contributed by atoms with Gasteiger partial charge in [-0.05, 0) is 28.3 Å². The number of benzene rings is 3. The lowest BCUT2D eigenvalue weighted by Gasteiger charge is -2.37. The molecule has 4 rings (SSSR count). The first-order valence-electron chi connectivity index (χ1n) is 17.8. The van der Waals surface area contributed by atoms with Crippen LogP contribution in [0, 0.1) is 0 Å². The number of hydrogen-bond acceptors (Lipinski definition) is 5. The van der Waals surface area contributed by atoms with E-state index in [4.69, 9.17) is 18.7 Å². The van der Waals surface area contributed by atoms with Gasteiger partial charge in [0.1, 0.15) is 18.0 Å². The molecule has 3 aromatic carbocycles. The zero-order chi connectivity index (χ0) is 32.0. The van der Waals surface area contributed by atoms with Crippen LogP contribution in [-0.4, -0.2) is 31.1 Å². The minimum absolute atomic E-state index is 0.296. The summed E-state index contributed by atoms with van der Waals surface area (Å²) >= 11 is 0. The molecule has 0 aliphatic heterocycles. The van der Waals surface area contributed by atoms with Gasteiger partial charge in [0.15, 0.2) is 0 Å². The van der Waals surface area contributed by atoms with Crippen LogP contribution in [-0.2, 0) is 15.1 Å². The van der Waals surface area contributed by atoms with Crippen LogP contribution in [0.1, 0.15) is 114 Å². The summed E-state index contributed by atoms with van der Waals surface area (Å²) in [5.74, 6) is 0.429. The van der Waals surface area contributed by atoms with Gasteiger partial charge in [0.25, 0.3) is 5.88 Å². The molecule has 0 N–H and O–H groups in total. The van der Waals surface area contributed by atoms with E-state index < -0.39 is 5.60 Å². The Labute approximate surface area is 277 Å². The summed E-state index contributed by atoms with van der Waals surface area (Å²) in [5.41, 5.74) is 2.33. The molecule has 4 aromatic rings. The second-order valence-corrected chi connectivity index (χ2v) is 12.3. The summed E-state index contributed by atoms with van der Waals surface area (Å²) in [5, 5.41) is 3.99. The highest BCUT2D eigenvalue weighted by molar-refractivity contribution is 5.47. The van der Waals surface area contributed by atoms with E-state index in [0.29, 0.717) is 25.7 Å². The number of unbranched alkanes of at least 4 members (excludes halogenated alkanes) is 13. The Balaban J connectivity index is 1.27. The molecule has 0 radical (unpaired) electrons. The minimum Gasteiger partial charge on any atom is -0.467 e. The Hall–Kier alpha value is -3.41. The summed E-state index contributed by atoms with van der Waals surface area (Å²) in [6.45, 7) is 3.69. The molecule has 0 bridgehead atoms. The predicted molar refractivity (Wildman–Crippen MR) is 187 cm³/mol. The smallest absolute Gasteiger partial charge is 0.254 e. The average molecular weight is 626 g/mol. The third-order valence-electron chi connectivity index (χ3n) is 8.67. The SMILES string of the molecule is CCCCCCCCCCCCCCCCOC[C@H](COC(c1ccccc1)(c1ccccc1)c1ccccc1)Oc1ccon1. The van der Waals surface area contributed by atoms with E-state index >= 15 is 0 Å². The Bertz CT molecular complexity index is 1170. The van der Waals surface area contributed by atoms with E-state index in [-0.39, 0.29) is 6.10 Å². The second-order valence-electron chi connectivity index (χ2n) is 12.3. The maximum absolute atomic E-state index is 7.01. The van der Waals surface area contributed by atoms with Crippen LogP contribution in [0.4, 0.5) is 0 Å². The van der Waals surface area contributed by atoms with Gasteiger partial charge in [-0.15, -0.1) is 0 Å². The van der Waals surface area contributed by atoms with Crippen molar-refractivity contribution in [3.63, 3.8) is 0 Å². The van der Waals surface area contributed by atoms with E-state index in [2.05, 4.69) is 84.9 Å². The van der Waals surface area contributed by atoms with Crippen LogP contribution in [0.5, 0.6) is 5.88 Å². The van der Waals surface area contributed by atoms with Crippen molar-refractivity contribution in [3.8, 4) is 5.88 Å². The molecule has 5 heteroatoms. The van der Waals surface area contributed by atoms with Crippen LogP contribution in [0.25, 0.3) is 0 Å². The van der Waals surface area contributed by atoms with Crippen molar-refractivity contribution < 1.29 is 18.7 Å². The summed E-state index contributed by atoms with van der Waals surface area (Å²) in [7, 11) is 0. The molecule has 0 fully saturated rings. The zero-order valence-corrected chi connectivity index (χ0v) is 28.0. The monoisotopic (exact) mass is 625 g/mol. The first kappa shape index (κ1) is 35.4. The highest BCUT2D eigenvalue weighted by atomic mass is 16.6. The van der Waals surface area contributed by atoms with Crippen molar-refractivity contribution in [2.24, 2.45) is 0 Å². The van der Waals surface area contributed by atoms with Crippen molar-refractivity contribution >= 4 is 0 Å². The summed E-state index contributed by atoms with van der Waals surface area (Å²) in [6, 6.07) is 32.9. The lowest BCUT2D eigenvalue weighted by molar-refractivity contribution is -0.0570. The van der Waals surface area contributed by atoms with Gasteiger partial charge in [-0.3, -0.25) is 0 Å².